The summed E-state index contributed by atoms with van der Waals surface area (Å²) in [4.78, 5) is 4.83. The van der Waals surface area contributed by atoms with Gasteiger partial charge in [0.15, 0.2) is 17.4 Å². The molecule has 168 valence electrons. The van der Waals surface area contributed by atoms with Gasteiger partial charge in [-0.1, -0.05) is 41.9 Å². The molecule has 4 aromatic rings. The first-order valence-electron chi connectivity index (χ1n) is 10.8. The van der Waals surface area contributed by atoms with Crippen LogP contribution in [0, 0.1) is 0 Å². The van der Waals surface area contributed by atoms with Crippen LogP contribution in [-0.4, -0.2) is 38.0 Å². The predicted octanol–water partition coefficient (Wildman–Crippen LogP) is 3.83. The highest BCUT2D eigenvalue weighted by atomic mass is 35.5. The smallest absolute Gasteiger partial charge is 0.166 e. The maximum absolute atomic E-state index is 6.36. The molecule has 8 nitrogen and oxygen atoms in total. The van der Waals surface area contributed by atoms with E-state index in [1.165, 1.54) is 5.56 Å². The fourth-order valence-corrected chi connectivity index (χ4v) is 4.95. The molecule has 0 bridgehead atoms. The molecule has 9 heteroatoms. The van der Waals surface area contributed by atoms with Gasteiger partial charge in [-0.3, -0.25) is 5.32 Å². The highest BCUT2D eigenvalue weighted by Crippen LogP contribution is 2.39. The number of rotatable bonds is 4. The van der Waals surface area contributed by atoms with E-state index in [1.807, 2.05) is 49.6 Å². The summed E-state index contributed by atoms with van der Waals surface area (Å²) in [6.07, 6.45) is 1.85. The number of methoxy groups -OCH3 is 1. The van der Waals surface area contributed by atoms with Crippen molar-refractivity contribution in [3.05, 3.63) is 82.7 Å². The Morgan fingerprint density at radius 1 is 1.21 bits per heavy atom. The van der Waals surface area contributed by atoms with E-state index in [2.05, 4.69) is 36.8 Å². The number of nitrogens with zero attached hydrogens (tertiary/aromatic N) is 5. The lowest BCUT2D eigenvalue weighted by atomic mass is 10.1. The first-order valence-corrected chi connectivity index (χ1v) is 11.2. The summed E-state index contributed by atoms with van der Waals surface area (Å²) in [5, 5.41) is 13.2. The van der Waals surface area contributed by atoms with Gasteiger partial charge in [0.2, 0.25) is 0 Å². The van der Waals surface area contributed by atoms with Crippen molar-refractivity contribution in [2.45, 2.75) is 31.8 Å². The number of nitrogens with one attached hydrogen (secondary N) is 1. The normalized spacial score (nSPS) is 21.4. The number of hydrogen-bond acceptors (Lipinski definition) is 6. The second kappa shape index (κ2) is 7.78. The van der Waals surface area contributed by atoms with Crippen LogP contribution < -0.4 is 5.32 Å². The molecule has 4 heterocycles. The topological polar surface area (TPSA) is 79.0 Å². The minimum absolute atomic E-state index is 0.0833. The molecule has 2 aliphatic heterocycles. The second-order valence-corrected chi connectivity index (χ2v) is 8.92. The Labute approximate surface area is 196 Å². The number of imidazole rings is 1. The average molecular weight is 463 g/mol. The van der Waals surface area contributed by atoms with E-state index in [1.54, 1.807) is 7.11 Å². The lowest BCUT2D eigenvalue weighted by Crippen LogP contribution is -2.37. The van der Waals surface area contributed by atoms with Crippen molar-refractivity contribution in [1.82, 2.24) is 29.6 Å². The van der Waals surface area contributed by atoms with E-state index >= 15 is 0 Å². The van der Waals surface area contributed by atoms with Crippen LogP contribution in [0.2, 0.25) is 5.02 Å². The molecule has 2 aromatic carbocycles. The second-order valence-electron chi connectivity index (χ2n) is 8.48. The number of hydrogen-bond donors (Lipinski definition) is 1. The van der Waals surface area contributed by atoms with Gasteiger partial charge < -0.3 is 18.6 Å². The minimum Gasteiger partial charge on any atom is -0.377 e. The van der Waals surface area contributed by atoms with Gasteiger partial charge in [0.25, 0.3) is 0 Å². The molecule has 6 rings (SSSR count). The quantitative estimate of drug-likeness (QED) is 0.437. The molecule has 2 aromatic heterocycles. The summed E-state index contributed by atoms with van der Waals surface area (Å²) in [5.41, 5.74) is 4.13. The highest BCUT2D eigenvalue weighted by molar-refractivity contribution is 6.31. The number of benzene rings is 2. The predicted molar refractivity (Wildman–Crippen MR) is 123 cm³/mol. The molecule has 1 unspecified atom stereocenters. The Balaban J connectivity index is 1.47. The van der Waals surface area contributed by atoms with E-state index in [0.29, 0.717) is 24.8 Å². The average Bonchev–Trinajstić information content (AvgIpc) is 3.52. The lowest BCUT2D eigenvalue weighted by molar-refractivity contribution is -0.00186. The number of fused-ring (bicyclic) bond motifs is 5. The van der Waals surface area contributed by atoms with E-state index in [4.69, 9.17) is 26.1 Å². The van der Waals surface area contributed by atoms with Gasteiger partial charge >= 0.3 is 0 Å². The van der Waals surface area contributed by atoms with Gasteiger partial charge in [0, 0.05) is 17.7 Å². The zero-order chi connectivity index (χ0) is 22.6. The summed E-state index contributed by atoms with van der Waals surface area (Å²) in [5.74, 6) is 1.49. The first-order chi connectivity index (χ1) is 16.1. The molecule has 1 saturated heterocycles. The van der Waals surface area contributed by atoms with Crippen molar-refractivity contribution in [3.8, 4) is 17.1 Å². The van der Waals surface area contributed by atoms with Crippen molar-refractivity contribution in [3.63, 3.8) is 0 Å². The van der Waals surface area contributed by atoms with Gasteiger partial charge in [-0.15, -0.1) is 10.2 Å². The highest BCUT2D eigenvalue weighted by Gasteiger charge is 2.42. The number of ether oxygens (including phenoxy) is 2. The molecule has 0 amide bonds. The van der Waals surface area contributed by atoms with Crippen LogP contribution in [0.3, 0.4) is 0 Å². The first kappa shape index (κ1) is 20.6. The summed E-state index contributed by atoms with van der Waals surface area (Å²) < 4.78 is 15.9. The molecule has 33 heavy (non-hydrogen) atoms. The molecule has 0 aliphatic carbocycles. The van der Waals surface area contributed by atoms with Crippen LogP contribution in [0.4, 0.5) is 0 Å². The van der Waals surface area contributed by atoms with Crippen LogP contribution in [0.25, 0.3) is 17.1 Å². The molecule has 1 N–H and O–H groups in total. The number of halogens is 1. The molecule has 1 fully saturated rings. The Bertz CT molecular complexity index is 1330. The molecular weight excluding hydrogens is 440 g/mol. The van der Waals surface area contributed by atoms with Crippen molar-refractivity contribution in [1.29, 1.82) is 0 Å². The fraction of sp³-hybridized carbons (Fsp3) is 0.292. The standard InChI is InChI=1S/C24H23ClN6O2/c1-24(27-18(12-33-24)15-6-4-3-5-7-15)22-20-11-30-21(13-32-2)28-29-23(30)17-10-16(25)8-9-19(17)31(20)14-26-22/h3-10,14,18,27H,11-13H2,1-2H3/t18-,24?/m1/s1. The molecule has 0 saturated carbocycles. The third kappa shape index (κ3) is 3.29. The zero-order valence-corrected chi connectivity index (χ0v) is 19.1. The summed E-state index contributed by atoms with van der Waals surface area (Å²) in [6.45, 7) is 3.48. The van der Waals surface area contributed by atoms with Crippen LogP contribution in [0.5, 0.6) is 0 Å². The van der Waals surface area contributed by atoms with Crippen molar-refractivity contribution >= 4 is 11.6 Å². The zero-order valence-electron chi connectivity index (χ0n) is 18.3. The monoisotopic (exact) mass is 462 g/mol. The molecular formula is C24H23ClN6O2. The van der Waals surface area contributed by atoms with Gasteiger partial charge in [-0.05, 0) is 30.7 Å². The third-order valence-corrected chi connectivity index (χ3v) is 6.61. The summed E-state index contributed by atoms with van der Waals surface area (Å²) >= 11 is 6.36. The van der Waals surface area contributed by atoms with Crippen molar-refractivity contribution in [2.24, 2.45) is 0 Å². The number of aromatic nitrogens is 5. The molecule has 2 atom stereocenters. The van der Waals surface area contributed by atoms with E-state index < -0.39 is 5.72 Å². The minimum atomic E-state index is -0.742. The molecule has 0 spiro atoms. The summed E-state index contributed by atoms with van der Waals surface area (Å²) in [6, 6.07) is 16.2. The molecule has 0 radical (unpaired) electrons. The Kier molecular flexibility index (Phi) is 4.84. The van der Waals surface area contributed by atoms with Crippen LogP contribution in [0.1, 0.15) is 35.7 Å². The van der Waals surface area contributed by atoms with Crippen molar-refractivity contribution < 1.29 is 9.47 Å². The van der Waals surface area contributed by atoms with Crippen LogP contribution in [-0.2, 0) is 28.4 Å². The van der Waals surface area contributed by atoms with Crippen molar-refractivity contribution in [2.75, 3.05) is 13.7 Å². The maximum atomic E-state index is 6.36. The van der Waals surface area contributed by atoms with Gasteiger partial charge in [0.05, 0.1) is 30.6 Å². The van der Waals surface area contributed by atoms with Gasteiger partial charge in [-0.25, -0.2) is 4.98 Å². The Morgan fingerprint density at radius 3 is 2.88 bits per heavy atom. The SMILES string of the molecule is COCc1nnc2n1Cc1c(C3(C)N[C@@H](c4ccccc4)CO3)ncn1-c1ccc(Cl)cc1-2. The summed E-state index contributed by atoms with van der Waals surface area (Å²) in [7, 11) is 1.65. The lowest BCUT2D eigenvalue weighted by Gasteiger charge is -2.24. The Morgan fingerprint density at radius 2 is 2.06 bits per heavy atom. The van der Waals surface area contributed by atoms with E-state index in [-0.39, 0.29) is 6.04 Å². The Hall–Kier alpha value is -3.04. The fourth-order valence-electron chi connectivity index (χ4n) is 4.78. The third-order valence-electron chi connectivity index (χ3n) is 6.38. The van der Waals surface area contributed by atoms with E-state index in [0.717, 1.165) is 34.3 Å². The van der Waals surface area contributed by atoms with Crippen LogP contribution >= 0.6 is 11.6 Å². The van der Waals surface area contributed by atoms with Gasteiger partial charge in [-0.2, -0.15) is 0 Å². The largest absolute Gasteiger partial charge is 0.377 e. The maximum Gasteiger partial charge on any atom is 0.166 e. The van der Waals surface area contributed by atoms with Gasteiger partial charge in [0.1, 0.15) is 18.6 Å². The van der Waals surface area contributed by atoms with Crippen LogP contribution in [0.15, 0.2) is 54.9 Å². The van der Waals surface area contributed by atoms with E-state index in [9.17, 15) is 0 Å². The molecule has 2 aliphatic rings.